The second kappa shape index (κ2) is 37.4. The van der Waals surface area contributed by atoms with Gasteiger partial charge in [0.1, 0.15) is 0 Å². The Balaban J connectivity index is 0. The molecule has 0 aliphatic rings. The summed E-state index contributed by atoms with van der Waals surface area (Å²) in [6, 6.07) is 0. The van der Waals surface area contributed by atoms with Crippen molar-refractivity contribution in [3.63, 3.8) is 0 Å². The molecule has 0 saturated heterocycles. The van der Waals surface area contributed by atoms with Crippen molar-refractivity contribution in [3.8, 4) is 0 Å². The van der Waals surface area contributed by atoms with E-state index in [2.05, 4.69) is 38.2 Å². The van der Waals surface area contributed by atoms with Gasteiger partial charge in [-0.2, -0.15) is 0 Å². The molecule has 0 rings (SSSR count). The monoisotopic (exact) mass is 565 g/mol. The van der Waals surface area contributed by atoms with Crippen LogP contribution in [0.4, 0.5) is 0 Å². The molecule has 0 radical (unpaired) electrons. The molecule has 0 spiro atoms. The minimum absolute atomic E-state index is 0.334. The fraction of sp³-hybridized carbons (Fsp3) is 0.833. The van der Waals surface area contributed by atoms with Crippen LogP contribution < -0.4 is 0 Å². The average molecular weight is 565 g/mol. The van der Waals surface area contributed by atoms with Crippen molar-refractivity contribution in [1.29, 1.82) is 0 Å². The fourth-order valence-corrected chi connectivity index (χ4v) is 4.69. The van der Waals surface area contributed by atoms with Gasteiger partial charge in [-0.1, -0.05) is 141 Å². The second-order valence-electron chi connectivity index (χ2n) is 11.5. The van der Waals surface area contributed by atoms with E-state index in [1.54, 1.807) is 0 Å². The van der Waals surface area contributed by atoms with Crippen molar-refractivity contribution >= 4 is 11.9 Å². The van der Waals surface area contributed by atoms with E-state index in [1.807, 2.05) is 0 Å². The maximum Gasteiger partial charge on any atom is 0.303 e. The lowest BCUT2D eigenvalue weighted by molar-refractivity contribution is -0.138. The predicted molar refractivity (Wildman–Crippen MR) is 174 cm³/mol. The minimum Gasteiger partial charge on any atom is -0.481 e. The van der Waals surface area contributed by atoms with Crippen LogP contribution in [0.3, 0.4) is 0 Å². The summed E-state index contributed by atoms with van der Waals surface area (Å²) in [5, 5.41) is 17.0. The van der Waals surface area contributed by atoms with Crippen LogP contribution in [0.5, 0.6) is 0 Å². The summed E-state index contributed by atoms with van der Waals surface area (Å²) < 4.78 is 0. The van der Waals surface area contributed by atoms with E-state index in [9.17, 15) is 9.59 Å². The zero-order valence-electron chi connectivity index (χ0n) is 26.8. The van der Waals surface area contributed by atoms with Crippen molar-refractivity contribution in [1.82, 2.24) is 0 Å². The van der Waals surface area contributed by atoms with Crippen LogP contribution in [0.15, 0.2) is 24.3 Å². The van der Waals surface area contributed by atoms with Crippen LogP contribution in [0.2, 0.25) is 0 Å². The molecule has 0 aliphatic carbocycles. The number of rotatable bonds is 30. The van der Waals surface area contributed by atoms with Gasteiger partial charge in [-0.3, -0.25) is 9.59 Å². The summed E-state index contributed by atoms with van der Waals surface area (Å²) in [4.78, 5) is 20.7. The summed E-state index contributed by atoms with van der Waals surface area (Å²) in [5.41, 5.74) is 0. The molecule has 0 aromatic rings. The van der Waals surface area contributed by atoms with Gasteiger partial charge in [0.25, 0.3) is 0 Å². The predicted octanol–water partition coefficient (Wildman–Crippen LogP) is 12.2. The van der Waals surface area contributed by atoms with Crippen LogP contribution in [0, 0.1) is 0 Å². The standard InChI is InChI=1S/2C18H34O2/c2*1-2-3-4-5-6-7-8-9-10-11-12-13-14-15-16-17-18(19)20/h2*8-9H,2-7,10-17H2,1H3,(H,19,20)/b9-8+;9-8-. The molecule has 0 fully saturated rings. The topological polar surface area (TPSA) is 74.6 Å². The van der Waals surface area contributed by atoms with E-state index in [0.29, 0.717) is 12.8 Å². The number of carboxylic acid groups (broad SMARTS) is 2. The minimum atomic E-state index is -0.662. The highest BCUT2D eigenvalue weighted by molar-refractivity contribution is 5.66. The third-order valence-corrected chi connectivity index (χ3v) is 7.30. The van der Waals surface area contributed by atoms with Crippen molar-refractivity contribution in [2.24, 2.45) is 0 Å². The number of allylic oxidation sites excluding steroid dienone is 4. The van der Waals surface area contributed by atoms with Gasteiger partial charge in [0.2, 0.25) is 0 Å². The number of carbonyl (C=O) groups is 2. The molecule has 236 valence electrons. The lowest BCUT2D eigenvalue weighted by Crippen LogP contribution is -1.93. The first-order valence-electron chi connectivity index (χ1n) is 17.3. The van der Waals surface area contributed by atoms with Crippen LogP contribution >= 0.6 is 0 Å². The largest absolute Gasteiger partial charge is 0.481 e. The maximum atomic E-state index is 10.3. The van der Waals surface area contributed by atoms with E-state index in [-0.39, 0.29) is 0 Å². The highest BCUT2D eigenvalue weighted by Crippen LogP contribution is 2.11. The third-order valence-electron chi connectivity index (χ3n) is 7.30. The van der Waals surface area contributed by atoms with Crippen LogP contribution in [0.25, 0.3) is 0 Å². The number of aliphatic carboxylic acids is 2. The van der Waals surface area contributed by atoms with E-state index < -0.39 is 11.9 Å². The van der Waals surface area contributed by atoms with E-state index in [4.69, 9.17) is 10.2 Å². The lowest BCUT2D eigenvalue weighted by Gasteiger charge is -1.99. The van der Waals surface area contributed by atoms with Gasteiger partial charge in [-0.25, -0.2) is 0 Å². The fourth-order valence-electron chi connectivity index (χ4n) is 4.69. The molecule has 4 nitrogen and oxygen atoms in total. The van der Waals surface area contributed by atoms with Gasteiger partial charge in [-0.15, -0.1) is 0 Å². The first kappa shape index (κ1) is 40.6. The van der Waals surface area contributed by atoms with Gasteiger partial charge >= 0.3 is 11.9 Å². The normalized spacial score (nSPS) is 11.2. The SMILES string of the molecule is CCCCCCC/C=C/CCCCCCCCC(=O)O.CCCCCCC/C=C\CCCCCCCCC(=O)O. The van der Waals surface area contributed by atoms with Crippen LogP contribution in [-0.2, 0) is 9.59 Å². The summed E-state index contributed by atoms with van der Waals surface area (Å²) in [7, 11) is 0. The zero-order chi connectivity index (χ0) is 29.8. The third kappa shape index (κ3) is 43.5. The molecule has 2 N–H and O–H groups in total. The maximum absolute atomic E-state index is 10.3. The molecule has 4 heteroatoms. The molecular formula is C36H68O4. The molecule has 0 aromatic carbocycles. The van der Waals surface area contributed by atoms with Crippen LogP contribution in [-0.4, -0.2) is 22.2 Å². The van der Waals surface area contributed by atoms with E-state index in [1.165, 1.54) is 141 Å². The van der Waals surface area contributed by atoms with E-state index in [0.717, 1.165) is 25.7 Å². The highest BCUT2D eigenvalue weighted by atomic mass is 16.4. The summed E-state index contributed by atoms with van der Waals surface area (Å²) in [6.07, 6.45) is 42.5. The molecule has 0 heterocycles. The Morgan fingerprint density at radius 2 is 0.600 bits per heavy atom. The molecule has 0 bridgehead atoms. The molecular weight excluding hydrogens is 496 g/mol. The number of hydrogen-bond donors (Lipinski definition) is 2. The Hall–Kier alpha value is -1.58. The van der Waals surface area contributed by atoms with Gasteiger partial charge in [0, 0.05) is 12.8 Å². The Labute approximate surface area is 249 Å². The Morgan fingerprint density at radius 1 is 0.375 bits per heavy atom. The molecule has 0 aromatic heterocycles. The first-order valence-corrected chi connectivity index (χ1v) is 17.3. The van der Waals surface area contributed by atoms with Gasteiger partial charge in [0.15, 0.2) is 0 Å². The van der Waals surface area contributed by atoms with Gasteiger partial charge in [-0.05, 0) is 64.2 Å². The first-order chi connectivity index (χ1) is 19.5. The van der Waals surface area contributed by atoms with Crippen LogP contribution in [0.1, 0.15) is 194 Å². The summed E-state index contributed by atoms with van der Waals surface area (Å²) in [6.45, 7) is 4.51. The highest BCUT2D eigenvalue weighted by Gasteiger charge is 1.97. The van der Waals surface area contributed by atoms with Gasteiger partial charge in [0.05, 0.1) is 0 Å². The zero-order valence-corrected chi connectivity index (χ0v) is 26.8. The smallest absolute Gasteiger partial charge is 0.303 e. The Bertz CT molecular complexity index is 517. The number of unbranched alkanes of at least 4 members (excludes halogenated alkanes) is 22. The summed E-state index contributed by atoms with van der Waals surface area (Å²) in [5.74, 6) is -1.32. The van der Waals surface area contributed by atoms with Crippen molar-refractivity contribution in [2.45, 2.75) is 194 Å². The quantitative estimate of drug-likeness (QED) is 0.0672. The average Bonchev–Trinajstić information content (AvgIpc) is 2.93. The van der Waals surface area contributed by atoms with Crippen molar-refractivity contribution < 1.29 is 19.8 Å². The number of hydrogen-bond acceptors (Lipinski definition) is 2. The Kier molecular flexibility index (Phi) is 37.9. The number of carboxylic acids is 2. The summed E-state index contributed by atoms with van der Waals surface area (Å²) >= 11 is 0. The van der Waals surface area contributed by atoms with Crippen molar-refractivity contribution in [3.05, 3.63) is 24.3 Å². The molecule has 40 heavy (non-hydrogen) atoms. The molecule has 0 aliphatic heterocycles. The second-order valence-corrected chi connectivity index (χ2v) is 11.5. The van der Waals surface area contributed by atoms with Gasteiger partial charge < -0.3 is 10.2 Å². The lowest BCUT2D eigenvalue weighted by atomic mass is 10.1. The Morgan fingerprint density at radius 3 is 0.850 bits per heavy atom. The van der Waals surface area contributed by atoms with E-state index >= 15 is 0 Å². The molecule has 0 atom stereocenters. The molecule has 0 saturated carbocycles. The molecule has 0 unspecified atom stereocenters. The molecule has 0 amide bonds. The van der Waals surface area contributed by atoms with Crippen molar-refractivity contribution in [2.75, 3.05) is 0 Å².